The number of carbonyl (C=O) groups is 4. The lowest BCUT2D eigenvalue weighted by Gasteiger charge is -2.26. The molecule has 0 bridgehead atoms. The number of nitro groups is 1. The molecule has 0 aliphatic rings. The van der Waals surface area contributed by atoms with Crippen molar-refractivity contribution in [1.29, 1.82) is 0 Å². The first kappa shape index (κ1) is 35.7. The highest BCUT2D eigenvalue weighted by Crippen LogP contribution is 2.31. The zero-order valence-electron chi connectivity index (χ0n) is 26.4. The topological polar surface area (TPSA) is 193 Å². The zero-order chi connectivity index (χ0) is 34.4. The number of ether oxygens (including phenoxy) is 2. The van der Waals surface area contributed by atoms with Crippen LogP contribution in [-0.2, 0) is 29.1 Å². The van der Waals surface area contributed by atoms with Gasteiger partial charge in [-0.05, 0) is 52.2 Å². The van der Waals surface area contributed by atoms with Gasteiger partial charge in [0, 0.05) is 23.2 Å². The summed E-state index contributed by atoms with van der Waals surface area (Å²) in [6.45, 7) is 10.1. The van der Waals surface area contributed by atoms with Crippen LogP contribution in [0.4, 0.5) is 10.5 Å². The molecule has 15 heteroatoms. The number of para-hydroxylation sites is 2. The Morgan fingerprint density at radius 2 is 1.63 bits per heavy atom. The van der Waals surface area contributed by atoms with E-state index in [1.807, 2.05) is 13.8 Å². The molecule has 0 aliphatic heterocycles. The van der Waals surface area contributed by atoms with Crippen molar-refractivity contribution in [3.05, 3.63) is 70.4 Å². The van der Waals surface area contributed by atoms with Gasteiger partial charge in [0.05, 0.1) is 17.0 Å². The van der Waals surface area contributed by atoms with Crippen molar-refractivity contribution in [2.45, 2.75) is 77.0 Å². The first-order valence-electron chi connectivity index (χ1n) is 14.6. The van der Waals surface area contributed by atoms with Crippen molar-refractivity contribution in [2.24, 2.45) is 5.92 Å². The maximum Gasteiger partial charge on any atom is 0.408 e. The van der Waals surface area contributed by atoms with Gasteiger partial charge in [0.2, 0.25) is 5.91 Å². The highest BCUT2D eigenvalue weighted by Gasteiger charge is 2.37. The van der Waals surface area contributed by atoms with Crippen LogP contribution in [-0.4, -0.2) is 65.4 Å². The Bertz CT molecular complexity index is 1740. The molecule has 248 valence electrons. The van der Waals surface area contributed by atoms with Crippen molar-refractivity contribution in [1.82, 2.24) is 14.6 Å². The molecule has 0 aliphatic carbocycles. The smallest absolute Gasteiger partial charge is 0.408 e. The number of aromatic nitrogens is 1. The summed E-state index contributed by atoms with van der Waals surface area (Å²) in [5.41, 5.74) is -1.80. The number of benzene rings is 2. The number of nitro benzene ring substituents is 1. The zero-order valence-corrected chi connectivity index (χ0v) is 27.3. The van der Waals surface area contributed by atoms with E-state index in [2.05, 4.69) is 10.6 Å². The molecule has 1 unspecified atom stereocenters. The number of fused-ring (bicyclic) bond motifs is 1. The minimum atomic E-state index is -4.63. The Hall–Kier alpha value is -4.79. The third-order valence-corrected chi connectivity index (χ3v) is 8.68. The van der Waals surface area contributed by atoms with E-state index < -0.39 is 67.0 Å². The van der Waals surface area contributed by atoms with Gasteiger partial charge in [-0.1, -0.05) is 50.6 Å². The molecule has 2 N–H and O–H groups in total. The lowest BCUT2D eigenvalue weighted by molar-refractivity contribution is -0.387. The second-order valence-electron chi connectivity index (χ2n) is 11.6. The number of ketones is 1. The first-order valence-corrected chi connectivity index (χ1v) is 16.1. The highest BCUT2D eigenvalue weighted by molar-refractivity contribution is 7.90. The van der Waals surface area contributed by atoms with Gasteiger partial charge in [-0.25, -0.2) is 22.0 Å². The molecule has 14 nitrogen and oxygen atoms in total. The molecule has 0 spiro atoms. The number of hydrogen-bond donors (Lipinski definition) is 2. The van der Waals surface area contributed by atoms with Gasteiger partial charge < -0.3 is 20.1 Å². The van der Waals surface area contributed by atoms with Crippen molar-refractivity contribution < 1.29 is 42.0 Å². The van der Waals surface area contributed by atoms with Crippen LogP contribution >= 0.6 is 0 Å². The quantitative estimate of drug-likeness (QED) is 0.0877. The van der Waals surface area contributed by atoms with Crippen molar-refractivity contribution in [2.75, 3.05) is 6.61 Å². The number of carbonyl (C=O) groups excluding carboxylic acids is 4. The maximum atomic E-state index is 14.0. The third-order valence-electron chi connectivity index (χ3n) is 6.96. The van der Waals surface area contributed by atoms with Crippen LogP contribution in [0, 0.1) is 16.0 Å². The standard InChI is InChI=1S/C31H38N4O10S/c1-7-19(3)17-22(32-30(39)45-31(4,5)6)28(37)33-26(29(38)44-8-2)27(36)21-18-34(23-14-10-9-13-20(21)23)46(42,43)25-16-12-11-15-24(25)35(40)41/h9-16,18-19,22,26H,7-8,17H2,1-6H3,(H,32,39)(H,33,37)/t19-,22-,26?/m0/s1. The minimum Gasteiger partial charge on any atom is -0.464 e. The van der Waals surface area contributed by atoms with Crippen LogP contribution in [0.5, 0.6) is 0 Å². The number of esters is 1. The van der Waals surface area contributed by atoms with Crippen molar-refractivity contribution in [3.63, 3.8) is 0 Å². The molecule has 0 radical (unpaired) electrons. The fourth-order valence-corrected chi connectivity index (χ4v) is 6.11. The fraction of sp³-hybridized carbons (Fsp3) is 0.419. The van der Waals surface area contributed by atoms with Crippen LogP contribution in [0.15, 0.2) is 59.6 Å². The highest BCUT2D eigenvalue weighted by atomic mass is 32.2. The largest absolute Gasteiger partial charge is 0.464 e. The van der Waals surface area contributed by atoms with E-state index in [0.29, 0.717) is 6.42 Å². The Morgan fingerprint density at radius 3 is 2.24 bits per heavy atom. The van der Waals surface area contributed by atoms with Gasteiger partial charge in [0.25, 0.3) is 15.7 Å². The lowest BCUT2D eigenvalue weighted by Crippen LogP contribution is -2.55. The Morgan fingerprint density at radius 1 is 1.00 bits per heavy atom. The summed E-state index contributed by atoms with van der Waals surface area (Å²) >= 11 is 0. The van der Waals surface area contributed by atoms with Crippen molar-refractivity contribution >= 4 is 50.4 Å². The van der Waals surface area contributed by atoms with Crippen LogP contribution in [0.2, 0.25) is 0 Å². The normalized spacial score (nSPS) is 13.7. The van der Waals surface area contributed by atoms with Crippen molar-refractivity contribution in [3.8, 4) is 0 Å². The number of amides is 2. The summed E-state index contributed by atoms with van der Waals surface area (Å²) in [6.07, 6.45) is 0.887. The third kappa shape index (κ3) is 8.27. The lowest BCUT2D eigenvalue weighted by atomic mass is 9.98. The molecule has 0 fully saturated rings. The minimum absolute atomic E-state index is 0.000763. The monoisotopic (exact) mass is 658 g/mol. The summed E-state index contributed by atoms with van der Waals surface area (Å²) < 4.78 is 38.6. The first-order chi connectivity index (χ1) is 21.5. The van der Waals surface area contributed by atoms with Gasteiger partial charge >= 0.3 is 12.1 Å². The predicted molar refractivity (Wildman–Crippen MR) is 168 cm³/mol. The molecule has 46 heavy (non-hydrogen) atoms. The van der Waals surface area contributed by atoms with Crippen LogP contribution in [0.3, 0.4) is 0 Å². The van der Waals surface area contributed by atoms with Crippen LogP contribution in [0.25, 0.3) is 10.9 Å². The predicted octanol–water partition coefficient (Wildman–Crippen LogP) is 4.35. The van der Waals surface area contributed by atoms with Gasteiger partial charge in [-0.2, -0.15) is 0 Å². The molecular formula is C31H38N4O10S. The summed E-state index contributed by atoms with van der Waals surface area (Å²) in [4.78, 5) is 63.5. The van der Waals surface area contributed by atoms with E-state index in [9.17, 15) is 37.7 Å². The number of rotatable bonds is 13. The molecule has 2 aromatic carbocycles. The number of alkyl carbamates (subject to hydrolysis) is 1. The maximum absolute atomic E-state index is 14.0. The number of hydrogen-bond acceptors (Lipinski definition) is 10. The Balaban J connectivity index is 2.09. The van der Waals surface area contributed by atoms with E-state index in [4.69, 9.17) is 9.47 Å². The van der Waals surface area contributed by atoms with E-state index in [1.165, 1.54) is 43.3 Å². The molecular weight excluding hydrogens is 620 g/mol. The Labute approximate surface area is 266 Å². The molecule has 1 heterocycles. The summed E-state index contributed by atoms with van der Waals surface area (Å²) in [5, 5.41) is 16.6. The van der Waals surface area contributed by atoms with E-state index in [1.54, 1.807) is 20.8 Å². The number of nitrogens with zero attached hydrogens (tertiary/aromatic N) is 2. The van der Waals surface area contributed by atoms with Crippen LogP contribution in [0.1, 0.15) is 64.7 Å². The molecule has 3 rings (SSSR count). The average molecular weight is 659 g/mol. The van der Waals surface area contributed by atoms with Gasteiger partial charge in [-0.3, -0.25) is 19.7 Å². The molecule has 0 saturated heterocycles. The molecule has 1 aromatic heterocycles. The summed E-state index contributed by atoms with van der Waals surface area (Å²) in [5.74, 6) is -3.03. The number of nitrogens with one attached hydrogen (secondary N) is 2. The van der Waals surface area contributed by atoms with E-state index in [-0.39, 0.29) is 35.4 Å². The van der Waals surface area contributed by atoms with E-state index in [0.717, 1.165) is 22.3 Å². The van der Waals surface area contributed by atoms with Gasteiger partial charge in [0.15, 0.2) is 16.7 Å². The molecule has 3 atom stereocenters. The fourth-order valence-electron chi connectivity index (χ4n) is 4.58. The number of Topliss-reactive ketones (excluding diaryl/α,β-unsaturated/α-hetero) is 1. The molecule has 2 amide bonds. The average Bonchev–Trinajstić information content (AvgIpc) is 3.38. The summed E-state index contributed by atoms with van der Waals surface area (Å²) in [6, 6.07) is 7.50. The SMILES string of the molecule is CCOC(=O)C(NC(=O)[C@H](C[C@@H](C)CC)NC(=O)OC(C)(C)C)C(=O)c1cn(S(=O)(=O)c2ccccc2[N+](=O)[O-])c2ccccc12. The molecule has 0 saturated carbocycles. The summed E-state index contributed by atoms with van der Waals surface area (Å²) in [7, 11) is -4.63. The van der Waals surface area contributed by atoms with Crippen LogP contribution < -0.4 is 10.6 Å². The Kier molecular flexibility index (Phi) is 11.3. The van der Waals surface area contributed by atoms with Gasteiger partial charge in [-0.15, -0.1) is 0 Å². The molecule has 3 aromatic rings. The second kappa shape index (κ2) is 14.5. The van der Waals surface area contributed by atoms with E-state index >= 15 is 0 Å². The second-order valence-corrected chi connectivity index (χ2v) is 13.4. The van der Waals surface area contributed by atoms with Gasteiger partial charge in [0.1, 0.15) is 11.6 Å².